The van der Waals surface area contributed by atoms with Gasteiger partial charge in [-0.25, -0.2) is 0 Å². The van der Waals surface area contributed by atoms with Gasteiger partial charge in [0.15, 0.2) is 0 Å². The van der Waals surface area contributed by atoms with Gasteiger partial charge in [-0.3, -0.25) is 0 Å². The molecule has 1 rings (SSSR count). The van der Waals surface area contributed by atoms with Crippen LogP contribution in [-0.2, 0) is 12.6 Å². The molecule has 1 aromatic rings. The maximum absolute atomic E-state index is 12.4. The van der Waals surface area contributed by atoms with Gasteiger partial charge < -0.3 is 5.73 Å². The van der Waals surface area contributed by atoms with Crippen LogP contribution in [0.2, 0.25) is 0 Å². The molecule has 0 radical (unpaired) electrons. The summed E-state index contributed by atoms with van der Waals surface area (Å²) in [5, 5.41) is 0. The van der Waals surface area contributed by atoms with Crippen LogP contribution in [-0.4, -0.2) is 6.54 Å². The van der Waals surface area contributed by atoms with E-state index in [0.717, 1.165) is 37.0 Å². The number of alkyl halides is 3. The van der Waals surface area contributed by atoms with Crippen LogP contribution in [0.15, 0.2) is 24.3 Å². The van der Waals surface area contributed by atoms with Crippen molar-refractivity contribution in [1.29, 1.82) is 0 Å². The van der Waals surface area contributed by atoms with Crippen molar-refractivity contribution in [3.63, 3.8) is 0 Å². The summed E-state index contributed by atoms with van der Waals surface area (Å²) in [6, 6.07) is 5.39. The monoisotopic (exact) mass is 259 g/mol. The lowest BCUT2D eigenvalue weighted by molar-refractivity contribution is -0.137. The van der Waals surface area contributed by atoms with Gasteiger partial charge >= 0.3 is 6.18 Å². The van der Waals surface area contributed by atoms with Gasteiger partial charge in [-0.05, 0) is 48.9 Å². The van der Waals surface area contributed by atoms with Gasteiger partial charge in [0, 0.05) is 0 Å². The highest BCUT2D eigenvalue weighted by Crippen LogP contribution is 2.32. The number of halogens is 3. The minimum absolute atomic E-state index is 0.000249. The van der Waals surface area contributed by atoms with Crippen molar-refractivity contribution in [3.05, 3.63) is 35.4 Å². The summed E-state index contributed by atoms with van der Waals surface area (Å²) in [6.45, 7) is 4.70. The molecule has 0 aliphatic rings. The Bertz CT molecular complexity index is 355. The molecule has 1 nitrogen and oxygen atoms in total. The molecule has 4 heteroatoms. The van der Waals surface area contributed by atoms with Crippen molar-refractivity contribution >= 4 is 0 Å². The number of nitrogens with two attached hydrogens (primary N) is 1. The van der Waals surface area contributed by atoms with Gasteiger partial charge in [-0.15, -0.1) is 0 Å². The van der Waals surface area contributed by atoms with Crippen molar-refractivity contribution in [3.8, 4) is 0 Å². The van der Waals surface area contributed by atoms with Gasteiger partial charge in [0.25, 0.3) is 0 Å². The fraction of sp³-hybridized carbons (Fsp3) is 0.571. The Kier molecular flexibility index (Phi) is 4.79. The van der Waals surface area contributed by atoms with Crippen LogP contribution in [0.1, 0.15) is 37.8 Å². The molecule has 0 atom stereocenters. The SMILES string of the molecule is CCC(CC)(CN)Cc1ccc(C(F)(F)F)cc1. The number of rotatable bonds is 5. The molecule has 18 heavy (non-hydrogen) atoms. The third kappa shape index (κ3) is 3.48. The van der Waals surface area contributed by atoms with Crippen LogP contribution in [0, 0.1) is 5.41 Å². The standard InChI is InChI=1S/C14H20F3N/c1-3-13(4-2,10-18)9-11-5-7-12(8-6-11)14(15,16)17/h5-8H,3-4,9-10,18H2,1-2H3. The Hall–Kier alpha value is -1.03. The minimum Gasteiger partial charge on any atom is -0.330 e. The lowest BCUT2D eigenvalue weighted by Crippen LogP contribution is -2.31. The molecule has 0 spiro atoms. The number of benzene rings is 1. The van der Waals surface area contributed by atoms with E-state index in [0.29, 0.717) is 6.54 Å². The molecule has 0 saturated heterocycles. The Labute approximate surface area is 106 Å². The van der Waals surface area contributed by atoms with Crippen molar-refractivity contribution in [2.45, 2.75) is 39.3 Å². The van der Waals surface area contributed by atoms with Crippen molar-refractivity contribution in [1.82, 2.24) is 0 Å². The minimum atomic E-state index is -4.26. The number of hydrogen-bond acceptors (Lipinski definition) is 1. The van der Waals surface area contributed by atoms with Crippen LogP contribution < -0.4 is 5.73 Å². The molecule has 0 aromatic heterocycles. The second kappa shape index (κ2) is 5.74. The van der Waals surface area contributed by atoms with Crippen LogP contribution in [0.3, 0.4) is 0 Å². The topological polar surface area (TPSA) is 26.0 Å². The predicted molar refractivity (Wildman–Crippen MR) is 67.2 cm³/mol. The first-order valence-corrected chi connectivity index (χ1v) is 6.23. The van der Waals surface area contributed by atoms with E-state index in [1.807, 2.05) is 0 Å². The lowest BCUT2D eigenvalue weighted by atomic mass is 9.77. The lowest BCUT2D eigenvalue weighted by Gasteiger charge is -2.30. The van der Waals surface area contributed by atoms with Crippen molar-refractivity contribution in [2.75, 3.05) is 6.54 Å². The van der Waals surface area contributed by atoms with Crippen LogP contribution in [0.4, 0.5) is 13.2 Å². The van der Waals surface area contributed by atoms with Crippen molar-refractivity contribution < 1.29 is 13.2 Å². The molecule has 0 amide bonds. The van der Waals surface area contributed by atoms with E-state index in [9.17, 15) is 13.2 Å². The first-order chi connectivity index (χ1) is 8.37. The maximum Gasteiger partial charge on any atom is 0.416 e. The second-order valence-electron chi connectivity index (χ2n) is 4.78. The summed E-state index contributed by atoms with van der Waals surface area (Å²) in [7, 11) is 0. The zero-order valence-corrected chi connectivity index (χ0v) is 10.8. The van der Waals surface area contributed by atoms with Gasteiger partial charge in [0.1, 0.15) is 0 Å². The molecular weight excluding hydrogens is 239 g/mol. The molecule has 1 aromatic carbocycles. The van der Waals surface area contributed by atoms with E-state index in [1.165, 1.54) is 0 Å². The molecule has 0 aliphatic heterocycles. The average Bonchev–Trinajstić information content (AvgIpc) is 2.36. The van der Waals surface area contributed by atoms with E-state index in [-0.39, 0.29) is 5.41 Å². The van der Waals surface area contributed by atoms with Crippen LogP contribution >= 0.6 is 0 Å². The Morgan fingerprint density at radius 1 is 1.00 bits per heavy atom. The fourth-order valence-corrected chi connectivity index (χ4v) is 2.11. The third-order valence-electron chi connectivity index (χ3n) is 3.79. The normalized spacial score (nSPS) is 12.8. The first-order valence-electron chi connectivity index (χ1n) is 6.23. The smallest absolute Gasteiger partial charge is 0.330 e. The quantitative estimate of drug-likeness (QED) is 0.849. The first kappa shape index (κ1) is 15.0. The summed E-state index contributed by atoms with van der Waals surface area (Å²) in [5.74, 6) is 0. The van der Waals surface area contributed by atoms with Gasteiger partial charge in [-0.1, -0.05) is 26.0 Å². The molecule has 0 unspecified atom stereocenters. The molecule has 2 N–H and O–H groups in total. The van der Waals surface area contributed by atoms with Gasteiger partial charge in [0.05, 0.1) is 5.56 Å². The van der Waals surface area contributed by atoms with Crippen molar-refractivity contribution in [2.24, 2.45) is 11.1 Å². The van der Waals surface area contributed by atoms with E-state index >= 15 is 0 Å². The Morgan fingerprint density at radius 3 is 1.83 bits per heavy atom. The molecule has 102 valence electrons. The highest BCUT2D eigenvalue weighted by atomic mass is 19.4. The second-order valence-corrected chi connectivity index (χ2v) is 4.78. The Morgan fingerprint density at radius 2 is 1.50 bits per heavy atom. The Balaban J connectivity index is 2.86. The zero-order valence-electron chi connectivity index (χ0n) is 10.8. The number of hydrogen-bond donors (Lipinski definition) is 1. The van der Waals surface area contributed by atoms with Crippen LogP contribution in [0.25, 0.3) is 0 Å². The van der Waals surface area contributed by atoms with Gasteiger partial charge in [-0.2, -0.15) is 13.2 Å². The summed E-state index contributed by atoms with van der Waals surface area (Å²) < 4.78 is 37.3. The molecular formula is C14H20F3N. The molecule has 0 aliphatic carbocycles. The van der Waals surface area contributed by atoms with E-state index in [1.54, 1.807) is 12.1 Å². The van der Waals surface area contributed by atoms with E-state index in [2.05, 4.69) is 13.8 Å². The van der Waals surface area contributed by atoms with E-state index in [4.69, 9.17) is 5.73 Å². The largest absolute Gasteiger partial charge is 0.416 e. The molecule has 0 bridgehead atoms. The van der Waals surface area contributed by atoms with E-state index < -0.39 is 11.7 Å². The third-order valence-corrected chi connectivity index (χ3v) is 3.79. The molecule has 0 heterocycles. The molecule has 0 fully saturated rings. The predicted octanol–water partition coefficient (Wildman–Crippen LogP) is 4.01. The van der Waals surface area contributed by atoms with Crippen LogP contribution in [0.5, 0.6) is 0 Å². The highest BCUT2D eigenvalue weighted by Gasteiger charge is 2.30. The van der Waals surface area contributed by atoms with Gasteiger partial charge in [0.2, 0.25) is 0 Å². The summed E-state index contributed by atoms with van der Waals surface area (Å²) in [5.41, 5.74) is 6.11. The highest BCUT2D eigenvalue weighted by molar-refractivity contribution is 5.25. The molecule has 0 saturated carbocycles. The summed E-state index contributed by atoms with van der Waals surface area (Å²) >= 11 is 0. The summed E-state index contributed by atoms with van der Waals surface area (Å²) in [6.07, 6.45) is -1.67. The fourth-order valence-electron chi connectivity index (χ4n) is 2.11. The zero-order chi connectivity index (χ0) is 13.8. The maximum atomic E-state index is 12.4. The summed E-state index contributed by atoms with van der Waals surface area (Å²) in [4.78, 5) is 0. The average molecular weight is 259 g/mol.